The van der Waals surface area contributed by atoms with Crippen LogP contribution in [0.25, 0.3) is 0 Å². The first-order chi connectivity index (χ1) is 7.40. The van der Waals surface area contributed by atoms with Crippen molar-refractivity contribution in [2.75, 3.05) is 0 Å². The van der Waals surface area contributed by atoms with Crippen molar-refractivity contribution in [2.45, 2.75) is 17.5 Å². The van der Waals surface area contributed by atoms with Crippen LogP contribution in [-0.2, 0) is 12.3 Å². The average Bonchev–Trinajstić information content (AvgIpc) is 2.79. The molecule has 0 spiro atoms. The molecule has 0 aromatic carbocycles. The summed E-state index contributed by atoms with van der Waals surface area (Å²) in [4.78, 5) is 11.4. The highest BCUT2D eigenvalue weighted by Crippen LogP contribution is 2.19. The Morgan fingerprint density at radius 3 is 3.00 bits per heavy atom. The van der Waals surface area contributed by atoms with Gasteiger partial charge in [-0.25, -0.2) is 4.98 Å². The molecule has 0 unspecified atom stereocenters. The lowest BCUT2D eigenvalue weighted by molar-refractivity contribution is 0.962. The van der Waals surface area contributed by atoms with Crippen LogP contribution in [0.15, 0.2) is 35.9 Å². The van der Waals surface area contributed by atoms with Gasteiger partial charge in [0.25, 0.3) is 0 Å². The van der Waals surface area contributed by atoms with Crippen LogP contribution in [0.4, 0.5) is 0 Å². The van der Waals surface area contributed by atoms with Crippen LogP contribution < -0.4 is 5.73 Å². The maximum absolute atomic E-state index is 5.60. The van der Waals surface area contributed by atoms with Crippen LogP contribution in [-0.4, -0.2) is 15.0 Å². The Hall–Kier alpha value is -1.33. The van der Waals surface area contributed by atoms with Crippen molar-refractivity contribution >= 4 is 11.8 Å². The Balaban J connectivity index is 2.04. The fourth-order valence-corrected chi connectivity index (χ4v) is 2.10. The average molecular weight is 220 g/mol. The van der Waals surface area contributed by atoms with E-state index in [4.69, 9.17) is 5.73 Å². The van der Waals surface area contributed by atoms with Crippen LogP contribution in [0.5, 0.6) is 0 Å². The molecule has 2 rings (SSSR count). The minimum Gasteiger partial charge on any atom is -0.340 e. The molecule has 0 radical (unpaired) electrons. The Morgan fingerprint density at radius 2 is 2.27 bits per heavy atom. The summed E-state index contributed by atoms with van der Waals surface area (Å²) in [6, 6.07) is 3.97. The molecule has 2 heterocycles. The number of hydrogen-bond donors (Lipinski definition) is 2. The van der Waals surface area contributed by atoms with Gasteiger partial charge in [0.1, 0.15) is 0 Å². The van der Waals surface area contributed by atoms with Gasteiger partial charge in [-0.3, -0.25) is 4.98 Å². The number of thioether (sulfide) groups is 1. The van der Waals surface area contributed by atoms with Gasteiger partial charge in [-0.1, -0.05) is 17.8 Å². The van der Waals surface area contributed by atoms with Crippen LogP contribution in [0, 0.1) is 0 Å². The second-order valence-corrected chi connectivity index (χ2v) is 3.96. The third-order valence-electron chi connectivity index (χ3n) is 2.02. The van der Waals surface area contributed by atoms with Gasteiger partial charge < -0.3 is 10.7 Å². The van der Waals surface area contributed by atoms with Crippen molar-refractivity contribution in [3.63, 3.8) is 0 Å². The number of nitrogens with one attached hydrogen (secondary N) is 1. The number of nitrogens with two attached hydrogens (primary N) is 1. The van der Waals surface area contributed by atoms with E-state index in [0.29, 0.717) is 6.54 Å². The van der Waals surface area contributed by atoms with Gasteiger partial charge >= 0.3 is 0 Å². The summed E-state index contributed by atoms with van der Waals surface area (Å²) in [5.74, 6) is 0.841. The fraction of sp³-hybridized carbons (Fsp3) is 0.200. The molecule has 2 aromatic rings. The predicted octanol–water partition coefficient (Wildman–Crippen LogP) is 1.56. The Morgan fingerprint density at radius 1 is 1.33 bits per heavy atom. The van der Waals surface area contributed by atoms with E-state index in [1.807, 2.05) is 18.3 Å². The van der Waals surface area contributed by atoms with Crippen molar-refractivity contribution in [2.24, 2.45) is 5.73 Å². The lowest BCUT2D eigenvalue weighted by Crippen LogP contribution is -2.03. The second-order valence-electron chi connectivity index (χ2n) is 3.00. The number of aromatic amines is 1. The summed E-state index contributed by atoms with van der Waals surface area (Å²) >= 11 is 1.65. The monoisotopic (exact) mass is 220 g/mol. The summed E-state index contributed by atoms with van der Waals surface area (Å²) in [7, 11) is 0. The van der Waals surface area contributed by atoms with Gasteiger partial charge in [-0.05, 0) is 11.6 Å². The van der Waals surface area contributed by atoms with Gasteiger partial charge in [-0.2, -0.15) is 0 Å². The first kappa shape index (κ1) is 10.2. The number of rotatable bonds is 4. The fourth-order valence-electron chi connectivity index (χ4n) is 1.26. The lowest BCUT2D eigenvalue weighted by atomic mass is 10.2. The van der Waals surface area contributed by atoms with E-state index < -0.39 is 0 Å². The maximum atomic E-state index is 5.60. The molecule has 0 bridgehead atoms. The summed E-state index contributed by atoms with van der Waals surface area (Å²) in [6.07, 6.45) is 5.33. The topological polar surface area (TPSA) is 67.6 Å². The smallest absolute Gasteiger partial charge is 0.165 e. The SMILES string of the molecule is NCc1ncccc1CSc1ncc[nH]1. The van der Waals surface area contributed by atoms with E-state index in [-0.39, 0.29) is 0 Å². The highest BCUT2D eigenvalue weighted by molar-refractivity contribution is 7.98. The van der Waals surface area contributed by atoms with Crippen LogP contribution in [0.3, 0.4) is 0 Å². The Labute approximate surface area is 92.3 Å². The molecule has 15 heavy (non-hydrogen) atoms. The highest BCUT2D eigenvalue weighted by atomic mass is 32.2. The zero-order valence-electron chi connectivity index (χ0n) is 8.18. The molecule has 0 atom stereocenters. The first-order valence-electron chi connectivity index (χ1n) is 4.65. The van der Waals surface area contributed by atoms with Crippen molar-refractivity contribution in [1.82, 2.24) is 15.0 Å². The minimum atomic E-state index is 0.481. The lowest BCUT2D eigenvalue weighted by Gasteiger charge is -2.04. The summed E-state index contributed by atoms with van der Waals surface area (Å²) in [5.41, 5.74) is 7.73. The van der Waals surface area contributed by atoms with Crippen LogP contribution in [0.1, 0.15) is 11.3 Å². The largest absolute Gasteiger partial charge is 0.340 e. The third-order valence-corrected chi connectivity index (χ3v) is 2.97. The van der Waals surface area contributed by atoms with Gasteiger partial charge in [0.05, 0.1) is 5.69 Å². The second kappa shape index (κ2) is 4.95. The molecule has 5 heteroatoms. The molecular weight excluding hydrogens is 208 g/mol. The van der Waals surface area contributed by atoms with Crippen molar-refractivity contribution < 1.29 is 0 Å². The summed E-state index contributed by atoms with van der Waals surface area (Å²) in [5, 5.41) is 0.918. The summed E-state index contributed by atoms with van der Waals surface area (Å²) < 4.78 is 0. The maximum Gasteiger partial charge on any atom is 0.165 e. The summed E-state index contributed by atoms with van der Waals surface area (Å²) in [6.45, 7) is 0.481. The van der Waals surface area contributed by atoms with E-state index in [1.54, 1.807) is 24.2 Å². The molecule has 3 N–H and O–H groups in total. The van der Waals surface area contributed by atoms with Crippen molar-refractivity contribution in [1.29, 1.82) is 0 Å². The zero-order valence-corrected chi connectivity index (χ0v) is 9.00. The number of imidazole rings is 1. The molecule has 0 aliphatic carbocycles. The van der Waals surface area contributed by atoms with Gasteiger partial charge in [0, 0.05) is 30.9 Å². The minimum absolute atomic E-state index is 0.481. The molecule has 0 aliphatic rings. The van der Waals surface area contributed by atoms with Crippen LogP contribution >= 0.6 is 11.8 Å². The third kappa shape index (κ3) is 2.57. The molecule has 2 aromatic heterocycles. The number of aromatic nitrogens is 3. The molecule has 0 saturated carbocycles. The number of hydrogen-bond acceptors (Lipinski definition) is 4. The van der Waals surface area contributed by atoms with E-state index in [0.717, 1.165) is 16.6 Å². The molecular formula is C10H12N4S. The molecule has 0 amide bonds. The molecule has 0 fully saturated rings. The predicted molar refractivity (Wildman–Crippen MR) is 60.3 cm³/mol. The van der Waals surface area contributed by atoms with Crippen LogP contribution in [0.2, 0.25) is 0 Å². The van der Waals surface area contributed by atoms with Gasteiger partial charge in [0.2, 0.25) is 0 Å². The highest BCUT2D eigenvalue weighted by Gasteiger charge is 2.03. The van der Waals surface area contributed by atoms with Crippen molar-refractivity contribution in [3.8, 4) is 0 Å². The Bertz CT molecular complexity index is 413. The number of pyridine rings is 1. The number of H-pyrrole nitrogens is 1. The molecule has 4 nitrogen and oxygen atoms in total. The van der Waals surface area contributed by atoms with Crippen molar-refractivity contribution in [3.05, 3.63) is 42.0 Å². The normalized spacial score (nSPS) is 10.5. The standard InChI is InChI=1S/C10H12N4S/c11-6-9-8(2-1-3-12-9)7-15-10-13-4-5-14-10/h1-5H,6-7,11H2,(H,13,14). The number of nitrogens with zero attached hydrogens (tertiary/aromatic N) is 2. The molecule has 0 saturated heterocycles. The van der Waals surface area contributed by atoms with E-state index >= 15 is 0 Å². The van der Waals surface area contributed by atoms with E-state index in [2.05, 4.69) is 15.0 Å². The Kier molecular flexibility index (Phi) is 3.37. The van der Waals surface area contributed by atoms with Gasteiger partial charge in [0.15, 0.2) is 5.16 Å². The molecule has 0 aliphatic heterocycles. The zero-order chi connectivity index (χ0) is 10.5. The van der Waals surface area contributed by atoms with E-state index in [9.17, 15) is 0 Å². The van der Waals surface area contributed by atoms with Gasteiger partial charge in [-0.15, -0.1) is 0 Å². The molecule has 78 valence electrons. The quantitative estimate of drug-likeness (QED) is 0.767. The first-order valence-corrected chi connectivity index (χ1v) is 5.63. The van der Waals surface area contributed by atoms with E-state index in [1.165, 1.54) is 5.56 Å².